The van der Waals surface area contributed by atoms with Crippen LogP contribution in [0.4, 0.5) is 0 Å². The van der Waals surface area contributed by atoms with Crippen LogP contribution in [-0.2, 0) is 10.8 Å². The van der Waals surface area contributed by atoms with Gasteiger partial charge in [-0.15, -0.1) is 0 Å². The van der Waals surface area contributed by atoms with E-state index in [0.29, 0.717) is 11.5 Å². The van der Waals surface area contributed by atoms with Crippen molar-refractivity contribution in [3.63, 3.8) is 0 Å². The van der Waals surface area contributed by atoms with Crippen molar-refractivity contribution < 1.29 is 4.21 Å². The zero-order chi connectivity index (χ0) is 10.6. The summed E-state index contributed by atoms with van der Waals surface area (Å²) in [6.07, 6.45) is 0. The van der Waals surface area contributed by atoms with Crippen LogP contribution in [0.15, 0.2) is 24.3 Å². The fourth-order valence-corrected chi connectivity index (χ4v) is 2.06. The molecule has 3 heteroatoms. The first-order valence-corrected chi connectivity index (χ1v) is 6.29. The molecule has 0 fully saturated rings. The van der Waals surface area contributed by atoms with Crippen molar-refractivity contribution in [2.75, 3.05) is 11.5 Å². The van der Waals surface area contributed by atoms with Gasteiger partial charge in [0.2, 0.25) is 0 Å². The maximum Gasteiger partial charge on any atom is 0.0428 e. The molecule has 78 valence electrons. The maximum absolute atomic E-state index is 11.3. The Hall–Kier alpha value is -0.670. The number of nitrogens with two attached hydrogens (primary N) is 1. The van der Waals surface area contributed by atoms with Gasteiger partial charge < -0.3 is 5.73 Å². The van der Waals surface area contributed by atoms with Gasteiger partial charge in [0.1, 0.15) is 0 Å². The normalized spacial score (nSPS) is 15.1. The molecule has 2 N–H and O–H groups in total. The zero-order valence-electron chi connectivity index (χ0n) is 8.69. The van der Waals surface area contributed by atoms with Gasteiger partial charge in [-0.2, -0.15) is 0 Å². The largest absolute Gasteiger partial charge is 0.323 e. The number of benzene rings is 1. The third-order valence-corrected chi connectivity index (χ3v) is 3.57. The molecule has 1 rings (SSSR count). The summed E-state index contributed by atoms with van der Waals surface area (Å²) in [4.78, 5) is 0. The third-order valence-electron chi connectivity index (χ3n) is 2.19. The molecule has 0 saturated carbocycles. The predicted octanol–water partition coefficient (Wildman–Crippen LogP) is 1.76. The molecule has 0 aliphatic rings. The smallest absolute Gasteiger partial charge is 0.0428 e. The lowest BCUT2D eigenvalue weighted by Gasteiger charge is -2.11. The highest BCUT2D eigenvalue weighted by Crippen LogP contribution is 2.12. The van der Waals surface area contributed by atoms with Crippen LogP contribution in [0.25, 0.3) is 0 Å². The highest BCUT2D eigenvalue weighted by atomic mass is 32.2. The molecule has 0 heterocycles. The lowest BCUT2D eigenvalue weighted by atomic mass is 10.1. The van der Waals surface area contributed by atoms with Gasteiger partial charge in [0.15, 0.2) is 0 Å². The van der Waals surface area contributed by atoms with E-state index in [0.717, 1.165) is 5.56 Å². The number of hydrogen-bond donors (Lipinski definition) is 1. The number of aryl methyl sites for hydroxylation is 1. The van der Waals surface area contributed by atoms with Gasteiger partial charge >= 0.3 is 0 Å². The SMILES string of the molecule is CCS(=O)CC(N)c1ccc(C)cc1. The molecule has 0 bridgehead atoms. The molecule has 14 heavy (non-hydrogen) atoms. The summed E-state index contributed by atoms with van der Waals surface area (Å²) in [6, 6.07) is 7.98. The Morgan fingerprint density at radius 3 is 2.43 bits per heavy atom. The third kappa shape index (κ3) is 3.24. The first kappa shape index (κ1) is 11.4. The summed E-state index contributed by atoms with van der Waals surface area (Å²) >= 11 is 0. The minimum absolute atomic E-state index is 0.101. The van der Waals surface area contributed by atoms with E-state index >= 15 is 0 Å². The molecule has 0 saturated heterocycles. The molecular formula is C11H17NOS. The summed E-state index contributed by atoms with van der Waals surface area (Å²) in [5.74, 6) is 1.24. The first-order valence-electron chi connectivity index (χ1n) is 4.80. The Labute approximate surface area is 88.0 Å². The first-order chi connectivity index (χ1) is 6.63. The molecule has 0 aliphatic heterocycles. The van der Waals surface area contributed by atoms with Crippen molar-refractivity contribution in [1.82, 2.24) is 0 Å². The van der Waals surface area contributed by atoms with Crippen LogP contribution in [0.2, 0.25) is 0 Å². The Morgan fingerprint density at radius 2 is 1.93 bits per heavy atom. The van der Waals surface area contributed by atoms with Crippen molar-refractivity contribution in [2.24, 2.45) is 5.73 Å². The molecule has 0 spiro atoms. The maximum atomic E-state index is 11.3. The monoisotopic (exact) mass is 211 g/mol. The highest BCUT2D eigenvalue weighted by Gasteiger charge is 2.08. The van der Waals surface area contributed by atoms with Crippen LogP contribution in [0.1, 0.15) is 24.1 Å². The molecule has 2 nitrogen and oxygen atoms in total. The van der Waals surface area contributed by atoms with Gasteiger partial charge in [-0.25, -0.2) is 0 Å². The number of rotatable bonds is 4. The van der Waals surface area contributed by atoms with Crippen molar-refractivity contribution >= 4 is 10.8 Å². The Kier molecular flexibility index (Phi) is 4.29. The second kappa shape index (κ2) is 5.27. The van der Waals surface area contributed by atoms with Crippen molar-refractivity contribution in [1.29, 1.82) is 0 Å². The quantitative estimate of drug-likeness (QED) is 0.824. The van der Waals surface area contributed by atoms with E-state index in [4.69, 9.17) is 5.73 Å². The topological polar surface area (TPSA) is 43.1 Å². The Bertz CT molecular complexity index is 308. The fourth-order valence-electron chi connectivity index (χ4n) is 1.23. The average molecular weight is 211 g/mol. The van der Waals surface area contributed by atoms with E-state index in [9.17, 15) is 4.21 Å². The molecule has 0 amide bonds. The van der Waals surface area contributed by atoms with E-state index < -0.39 is 10.8 Å². The van der Waals surface area contributed by atoms with Crippen LogP contribution < -0.4 is 5.73 Å². The van der Waals surface area contributed by atoms with Crippen LogP contribution in [0, 0.1) is 6.92 Å². The van der Waals surface area contributed by atoms with Gasteiger partial charge in [-0.3, -0.25) is 4.21 Å². The summed E-state index contributed by atoms with van der Waals surface area (Å²) in [7, 11) is -0.788. The Balaban J connectivity index is 2.65. The molecule has 2 unspecified atom stereocenters. The minimum atomic E-state index is -0.788. The summed E-state index contributed by atoms with van der Waals surface area (Å²) in [5, 5.41) is 0. The lowest BCUT2D eigenvalue weighted by molar-refractivity contribution is 0.676. The van der Waals surface area contributed by atoms with Gasteiger partial charge in [-0.1, -0.05) is 36.8 Å². The Morgan fingerprint density at radius 1 is 1.36 bits per heavy atom. The summed E-state index contributed by atoms with van der Waals surface area (Å²) in [5.41, 5.74) is 8.22. The van der Waals surface area contributed by atoms with E-state index in [1.807, 2.05) is 38.1 Å². The number of hydrogen-bond acceptors (Lipinski definition) is 2. The standard InChI is InChI=1S/C11H17NOS/c1-3-14(13)8-11(12)10-6-4-9(2)5-7-10/h4-7,11H,3,8,12H2,1-2H3. The summed E-state index contributed by atoms with van der Waals surface area (Å²) < 4.78 is 11.3. The molecular weight excluding hydrogens is 194 g/mol. The predicted molar refractivity (Wildman–Crippen MR) is 61.7 cm³/mol. The van der Waals surface area contributed by atoms with Gasteiger partial charge in [0.25, 0.3) is 0 Å². The van der Waals surface area contributed by atoms with Crippen molar-refractivity contribution in [3.05, 3.63) is 35.4 Å². The van der Waals surface area contributed by atoms with Crippen LogP contribution in [-0.4, -0.2) is 15.7 Å². The molecule has 0 aromatic heterocycles. The second-order valence-electron chi connectivity index (χ2n) is 3.41. The molecule has 1 aromatic rings. The van der Waals surface area contributed by atoms with Crippen LogP contribution >= 0.6 is 0 Å². The molecule has 1 aromatic carbocycles. The fraction of sp³-hybridized carbons (Fsp3) is 0.455. The van der Waals surface area contributed by atoms with Crippen molar-refractivity contribution in [2.45, 2.75) is 19.9 Å². The summed E-state index contributed by atoms with van der Waals surface area (Å²) in [6.45, 7) is 3.96. The second-order valence-corrected chi connectivity index (χ2v) is 5.20. The molecule has 2 atom stereocenters. The van der Waals surface area contributed by atoms with E-state index in [2.05, 4.69) is 0 Å². The van der Waals surface area contributed by atoms with E-state index in [1.54, 1.807) is 0 Å². The van der Waals surface area contributed by atoms with Gasteiger partial charge in [0, 0.05) is 28.3 Å². The van der Waals surface area contributed by atoms with E-state index in [-0.39, 0.29) is 6.04 Å². The van der Waals surface area contributed by atoms with Gasteiger partial charge in [-0.05, 0) is 12.5 Å². The highest BCUT2D eigenvalue weighted by molar-refractivity contribution is 7.84. The molecule has 0 radical (unpaired) electrons. The van der Waals surface area contributed by atoms with E-state index in [1.165, 1.54) is 5.56 Å². The molecule has 0 aliphatic carbocycles. The minimum Gasteiger partial charge on any atom is -0.323 e. The lowest BCUT2D eigenvalue weighted by Crippen LogP contribution is -2.18. The van der Waals surface area contributed by atoms with Crippen LogP contribution in [0.5, 0.6) is 0 Å². The van der Waals surface area contributed by atoms with Crippen LogP contribution in [0.3, 0.4) is 0 Å². The zero-order valence-corrected chi connectivity index (χ0v) is 9.51. The van der Waals surface area contributed by atoms with Gasteiger partial charge in [0.05, 0.1) is 0 Å². The average Bonchev–Trinajstić information content (AvgIpc) is 2.18. The van der Waals surface area contributed by atoms with Crippen molar-refractivity contribution in [3.8, 4) is 0 Å².